The summed E-state index contributed by atoms with van der Waals surface area (Å²) in [5.74, 6) is 2.71. The van der Waals surface area contributed by atoms with Gasteiger partial charge in [-0.05, 0) is 24.4 Å². The SMILES string of the molecule is C#CCC(NCCC)c1cccs1. The Balaban J connectivity index is 2.53. The zero-order valence-electron chi connectivity index (χ0n) is 7.92. The highest BCUT2D eigenvalue weighted by Crippen LogP contribution is 2.21. The topological polar surface area (TPSA) is 12.0 Å². The van der Waals surface area contributed by atoms with Crippen molar-refractivity contribution in [1.82, 2.24) is 5.32 Å². The first kappa shape index (κ1) is 10.3. The largest absolute Gasteiger partial charge is 0.308 e. The van der Waals surface area contributed by atoms with E-state index in [1.807, 2.05) is 0 Å². The molecular weight excluding hydrogens is 178 g/mol. The second-order valence-corrected chi connectivity index (χ2v) is 3.91. The average molecular weight is 193 g/mol. The van der Waals surface area contributed by atoms with Crippen LogP contribution in [0.25, 0.3) is 0 Å². The molecule has 0 saturated heterocycles. The van der Waals surface area contributed by atoms with Crippen LogP contribution in [0.5, 0.6) is 0 Å². The van der Waals surface area contributed by atoms with Crippen LogP contribution in [0.3, 0.4) is 0 Å². The van der Waals surface area contributed by atoms with E-state index in [2.05, 4.69) is 35.7 Å². The Hall–Kier alpha value is -0.780. The quantitative estimate of drug-likeness (QED) is 0.709. The Labute approximate surface area is 84.2 Å². The molecule has 0 saturated carbocycles. The Bertz CT molecular complexity index is 258. The summed E-state index contributed by atoms with van der Waals surface area (Å²) in [7, 11) is 0. The summed E-state index contributed by atoms with van der Waals surface area (Å²) in [6.45, 7) is 3.19. The van der Waals surface area contributed by atoms with Crippen molar-refractivity contribution < 1.29 is 0 Å². The molecule has 1 rings (SSSR count). The molecule has 1 atom stereocenters. The van der Waals surface area contributed by atoms with Gasteiger partial charge in [-0.15, -0.1) is 23.7 Å². The van der Waals surface area contributed by atoms with E-state index < -0.39 is 0 Å². The lowest BCUT2D eigenvalue weighted by atomic mass is 10.2. The van der Waals surface area contributed by atoms with Gasteiger partial charge in [-0.2, -0.15) is 0 Å². The van der Waals surface area contributed by atoms with Crippen LogP contribution in [0.4, 0.5) is 0 Å². The van der Waals surface area contributed by atoms with Crippen LogP contribution < -0.4 is 5.32 Å². The van der Waals surface area contributed by atoms with Crippen molar-refractivity contribution in [2.75, 3.05) is 6.54 Å². The monoisotopic (exact) mass is 193 g/mol. The first-order chi connectivity index (χ1) is 6.38. The van der Waals surface area contributed by atoms with Gasteiger partial charge in [0.2, 0.25) is 0 Å². The van der Waals surface area contributed by atoms with E-state index in [0.29, 0.717) is 6.04 Å². The molecule has 1 N–H and O–H groups in total. The van der Waals surface area contributed by atoms with Gasteiger partial charge >= 0.3 is 0 Å². The van der Waals surface area contributed by atoms with E-state index in [1.165, 1.54) is 4.88 Å². The van der Waals surface area contributed by atoms with Gasteiger partial charge in [0.1, 0.15) is 0 Å². The number of rotatable bonds is 5. The molecule has 1 nitrogen and oxygen atoms in total. The summed E-state index contributed by atoms with van der Waals surface area (Å²) >= 11 is 1.76. The lowest BCUT2D eigenvalue weighted by molar-refractivity contribution is 0.550. The number of nitrogens with one attached hydrogen (secondary N) is 1. The summed E-state index contributed by atoms with van der Waals surface area (Å²) in [5, 5.41) is 5.53. The molecule has 1 aromatic heterocycles. The van der Waals surface area contributed by atoms with Crippen LogP contribution in [-0.2, 0) is 0 Å². The van der Waals surface area contributed by atoms with Crippen molar-refractivity contribution in [1.29, 1.82) is 0 Å². The maximum Gasteiger partial charge on any atom is 0.0525 e. The lowest BCUT2D eigenvalue weighted by Gasteiger charge is -2.13. The zero-order valence-corrected chi connectivity index (χ0v) is 8.73. The normalized spacial score (nSPS) is 12.3. The molecule has 0 amide bonds. The highest BCUT2D eigenvalue weighted by atomic mass is 32.1. The minimum absolute atomic E-state index is 0.352. The molecule has 0 aliphatic heterocycles. The predicted molar refractivity (Wildman–Crippen MR) is 58.8 cm³/mol. The van der Waals surface area contributed by atoms with Gasteiger partial charge in [0.15, 0.2) is 0 Å². The van der Waals surface area contributed by atoms with Crippen LogP contribution in [0.15, 0.2) is 17.5 Å². The van der Waals surface area contributed by atoms with Crippen molar-refractivity contribution >= 4 is 11.3 Å². The lowest BCUT2D eigenvalue weighted by Crippen LogP contribution is -2.20. The second-order valence-electron chi connectivity index (χ2n) is 2.93. The fourth-order valence-corrected chi connectivity index (χ4v) is 2.00. The maximum atomic E-state index is 5.32. The summed E-state index contributed by atoms with van der Waals surface area (Å²) in [5.41, 5.74) is 0. The highest BCUT2D eigenvalue weighted by molar-refractivity contribution is 7.10. The molecular formula is C11H15NS. The summed E-state index contributed by atoms with van der Waals surface area (Å²) in [6.07, 6.45) is 7.25. The van der Waals surface area contributed by atoms with Gasteiger partial charge in [-0.3, -0.25) is 0 Å². The summed E-state index contributed by atoms with van der Waals surface area (Å²) in [4.78, 5) is 1.34. The van der Waals surface area contributed by atoms with Gasteiger partial charge in [0.25, 0.3) is 0 Å². The van der Waals surface area contributed by atoms with Crippen molar-refractivity contribution in [3.05, 3.63) is 22.4 Å². The third-order valence-electron chi connectivity index (χ3n) is 1.85. The Morgan fingerprint density at radius 1 is 1.69 bits per heavy atom. The fourth-order valence-electron chi connectivity index (χ4n) is 1.20. The number of hydrogen-bond donors (Lipinski definition) is 1. The minimum Gasteiger partial charge on any atom is -0.308 e. The highest BCUT2D eigenvalue weighted by Gasteiger charge is 2.08. The first-order valence-corrected chi connectivity index (χ1v) is 5.46. The Morgan fingerprint density at radius 2 is 2.54 bits per heavy atom. The van der Waals surface area contributed by atoms with E-state index in [9.17, 15) is 0 Å². The molecule has 1 heterocycles. The molecule has 0 bridgehead atoms. The van der Waals surface area contributed by atoms with Crippen molar-refractivity contribution in [3.8, 4) is 12.3 Å². The van der Waals surface area contributed by atoms with Crippen LogP contribution in [0.1, 0.15) is 30.7 Å². The van der Waals surface area contributed by atoms with Crippen molar-refractivity contribution in [3.63, 3.8) is 0 Å². The van der Waals surface area contributed by atoms with E-state index in [0.717, 1.165) is 19.4 Å². The Kier molecular flexibility index (Phi) is 4.59. The summed E-state index contributed by atoms with van der Waals surface area (Å²) < 4.78 is 0. The van der Waals surface area contributed by atoms with Gasteiger partial charge in [0.05, 0.1) is 6.04 Å². The molecule has 2 heteroatoms. The van der Waals surface area contributed by atoms with E-state index >= 15 is 0 Å². The first-order valence-electron chi connectivity index (χ1n) is 4.58. The van der Waals surface area contributed by atoms with Crippen molar-refractivity contribution in [2.45, 2.75) is 25.8 Å². The van der Waals surface area contributed by atoms with E-state index in [-0.39, 0.29) is 0 Å². The molecule has 13 heavy (non-hydrogen) atoms. The number of terminal acetylenes is 1. The minimum atomic E-state index is 0.352. The predicted octanol–water partition coefficient (Wildman–Crippen LogP) is 2.81. The van der Waals surface area contributed by atoms with Crippen LogP contribution in [0, 0.1) is 12.3 Å². The third-order valence-corrected chi connectivity index (χ3v) is 2.84. The average Bonchev–Trinajstić information content (AvgIpc) is 2.65. The molecule has 1 unspecified atom stereocenters. The van der Waals surface area contributed by atoms with Crippen molar-refractivity contribution in [2.24, 2.45) is 0 Å². The zero-order chi connectivity index (χ0) is 9.52. The molecule has 0 fully saturated rings. The Morgan fingerprint density at radius 3 is 3.08 bits per heavy atom. The van der Waals surface area contributed by atoms with Crippen LogP contribution in [0.2, 0.25) is 0 Å². The van der Waals surface area contributed by atoms with Crippen LogP contribution >= 0.6 is 11.3 Å². The third kappa shape index (κ3) is 3.22. The molecule has 0 aliphatic carbocycles. The molecule has 1 aromatic rings. The molecule has 70 valence electrons. The second kappa shape index (κ2) is 5.80. The molecule has 0 aliphatic rings. The standard InChI is InChI=1S/C11H15NS/c1-3-6-10(12-8-4-2)11-7-5-9-13-11/h1,5,7,9-10,12H,4,6,8H2,2H3. The molecule has 0 aromatic carbocycles. The van der Waals surface area contributed by atoms with Gasteiger partial charge in [-0.1, -0.05) is 13.0 Å². The molecule has 0 spiro atoms. The molecule has 0 radical (unpaired) electrons. The smallest absolute Gasteiger partial charge is 0.0525 e. The van der Waals surface area contributed by atoms with E-state index in [1.54, 1.807) is 11.3 Å². The van der Waals surface area contributed by atoms with Gasteiger partial charge in [-0.25, -0.2) is 0 Å². The van der Waals surface area contributed by atoms with E-state index in [4.69, 9.17) is 6.42 Å². The van der Waals surface area contributed by atoms with Gasteiger partial charge < -0.3 is 5.32 Å². The maximum absolute atomic E-state index is 5.32. The van der Waals surface area contributed by atoms with Gasteiger partial charge in [0, 0.05) is 11.3 Å². The fraction of sp³-hybridized carbons (Fsp3) is 0.455. The number of thiophene rings is 1. The summed E-state index contributed by atoms with van der Waals surface area (Å²) in [6, 6.07) is 4.55. The number of hydrogen-bond acceptors (Lipinski definition) is 2. The van der Waals surface area contributed by atoms with Crippen LogP contribution in [-0.4, -0.2) is 6.54 Å².